The third-order valence-electron chi connectivity index (χ3n) is 5.41. The number of alkyl halides is 3. The lowest BCUT2D eigenvalue weighted by Gasteiger charge is -2.17. The number of aromatic nitrogens is 3. The summed E-state index contributed by atoms with van der Waals surface area (Å²) in [7, 11) is 3.31. The molecule has 0 aliphatic rings. The molecule has 0 aliphatic carbocycles. The van der Waals surface area contributed by atoms with E-state index >= 15 is 0 Å². The predicted octanol–water partition coefficient (Wildman–Crippen LogP) is 5.03. The maximum absolute atomic E-state index is 13.0. The van der Waals surface area contributed by atoms with Crippen molar-refractivity contribution in [1.29, 1.82) is 0 Å². The normalized spacial score (nSPS) is 11.6. The van der Waals surface area contributed by atoms with Crippen molar-refractivity contribution in [1.82, 2.24) is 19.7 Å². The Kier molecular flexibility index (Phi) is 5.80. The zero-order chi connectivity index (χ0) is 23.8. The zero-order valence-electron chi connectivity index (χ0n) is 18.2. The molecule has 9 heteroatoms. The highest BCUT2D eigenvalue weighted by Crippen LogP contribution is 2.29. The summed E-state index contributed by atoms with van der Waals surface area (Å²) in [6.07, 6.45) is -2.32. The van der Waals surface area contributed by atoms with Gasteiger partial charge in [0.1, 0.15) is 5.75 Å². The summed E-state index contributed by atoms with van der Waals surface area (Å²) < 4.78 is 44.9. The smallest absolute Gasteiger partial charge is 0.417 e. The van der Waals surface area contributed by atoms with Gasteiger partial charge in [-0.15, -0.1) is 0 Å². The molecular weight excluding hydrogens is 433 g/mol. The molecule has 0 atom stereocenters. The lowest BCUT2D eigenvalue weighted by Crippen LogP contribution is -2.26. The highest BCUT2D eigenvalue weighted by molar-refractivity contribution is 5.95. The van der Waals surface area contributed by atoms with Crippen LogP contribution in [0.3, 0.4) is 0 Å². The van der Waals surface area contributed by atoms with Crippen molar-refractivity contribution >= 4 is 16.7 Å². The van der Waals surface area contributed by atoms with Crippen LogP contribution in [0.4, 0.5) is 13.2 Å². The van der Waals surface area contributed by atoms with Crippen molar-refractivity contribution in [3.05, 3.63) is 83.3 Å². The van der Waals surface area contributed by atoms with Crippen molar-refractivity contribution in [2.24, 2.45) is 0 Å². The van der Waals surface area contributed by atoms with Crippen LogP contribution < -0.4 is 4.74 Å². The van der Waals surface area contributed by atoms with Gasteiger partial charge in [-0.2, -0.15) is 18.3 Å². The molecule has 1 amide bonds. The number of hydrogen-bond acceptors (Lipinski definition) is 4. The van der Waals surface area contributed by atoms with E-state index in [9.17, 15) is 18.0 Å². The van der Waals surface area contributed by atoms with Crippen LogP contribution in [0.5, 0.6) is 5.75 Å². The first-order chi connectivity index (χ1) is 15.7. The molecule has 0 radical (unpaired) electrons. The summed E-state index contributed by atoms with van der Waals surface area (Å²) in [4.78, 5) is 18.5. The number of halogens is 3. The highest BCUT2D eigenvalue weighted by atomic mass is 19.4. The van der Waals surface area contributed by atoms with Gasteiger partial charge in [0.05, 0.1) is 30.1 Å². The van der Waals surface area contributed by atoms with Crippen LogP contribution in [0.25, 0.3) is 16.6 Å². The molecular formula is C24H21F3N4O2. The molecule has 0 unspecified atom stereocenters. The molecule has 0 fully saturated rings. The number of carbonyl (C=O) groups excluding carboxylic acids is 1. The maximum Gasteiger partial charge on any atom is 0.417 e. The van der Waals surface area contributed by atoms with E-state index in [0.29, 0.717) is 17.8 Å². The van der Waals surface area contributed by atoms with Crippen LogP contribution in [0.1, 0.15) is 27.2 Å². The first-order valence-corrected chi connectivity index (χ1v) is 10.1. The van der Waals surface area contributed by atoms with E-state index in [1.54, 1.807) is 26.0 Å². The van der Waals surface area contributed by atoms with E-state index in [1.165, 1.54) is 16.9 Å². The van der Waals surface area contributed by atoms with Crippen LogP contribution in [-0.2, 0) is 12.7 Å². The Bertz CT molecular complexity index is 1310. The minimum atomic E-state index is -4.47. The van der Waals surface area contributed by atoms with Crippen LogP contribution in [0, 0.1) is 6.92 Å². The predicted molar refractivity (Wildman–Crippen MR) is 117 cm³/mol. The van der Waals surface area contributed by atoms with Gasteiger partial charge in [-0.3, -0.25) is 4.79 Å². The Hall–Kier alpha value is -3.88. The first kappa shape index (κ1) is 22.3. The summed E-state index contributed by atoms with van der Waals surface area (Å²) >= 11 is 0. The second-order valence-corrected chi connectivity index (χ2v) is 7.67. The van der Waals surface area contributed by atoms with Crippen LogP contribution in [0.15, 0.2) is 60.9 Å². The Morgan fingerprint density at radius 2 is 1.79 bits per heavy atom. The molecule has 33 heavy (non-hydrogen) atoms. The molecule has 0 saturated carbocycles. The molecule has 0 bridgehead atoms. The summed E-state index contributed by atoms with van der Waals surface area (Å²) in [5.41, 5.74) is 0.952. The van der Waals surface area contributed by atoms with Gasteiger partial charge in [-0.25, -0.2) is 9.67 Å². The number of hydrogen-bond donors (Lipinski definition) is 0. The van der Waals surface area contributed by atoms with E-state index in [1.807, 2.05) is 36.4 Å². The Morgan fingerprint density at radius 1 is 1.06 bits per heavy atom. The lowest BCUT2D eigenvalue weighted by molar-refractivity contribution is -0.137. The quantitative estimate of drug-likeness (QED) is 0.425. The summed E-state index contributed by atoms with van der Waals surface area (Å²) in [6.45, 7) is 2.06. The SMILES string of the molecule is COc1ccc2cc(CN(C)C(=O)c3cnn(-c4ccc(C(F)(F)F)cn4)c3C)ccc2c1. The first-order valence-electron chi connectivity index (χ1n) is 10.1. The molecule has 0 spiro atoms. The van der Waals surface area contributed by atoms with Gasteiger partial charge in [0.25, 0.3) is 5.91 Å². The van der Waals surface area contributed by atoms with Crippen molar-refractivity contribution in [3.8, 4) is 11.6 Å². The number of rotatable bonds is 5. The molecule has 0 N–H and O–H groups in total. The minimum Gasteiger partial charge on any atom is -0.497 e. The number of carbonyl (C=O) groups is 1. The second kappa shape index (κ2) is 8.57. The van der Waals surface area contributed by atoms with Crippen molar-refractivity contribution in [2.75, 3.05) is 14.2 Å². The molecule has 0 saturated heterocycles. The standard InChI is InChI=1S/C24H21F3N4O2/c1-15-21(13-29-31(15)22-9-7-19(12-28-22)24(25,26)27)23(32)30(2)14-16-4-5-18-11-20(33-3)8-6-17(18)10-16/h4-13H,14H2,1-3H3. The molecule has 2 aromatic heterocycles. The van der Waals surface area contributed by atoms with E-state index in [-0.39, 0.29) is 11.7 Å². The van der Waals surface area contributed by atoms with Gasteiger partial charge in [0.2, 0.25) is 0 Å². The number of fused-ring (bicyclic) bond motifs is 1. The minimum absolute atomic E-state index is 0.201. The molecule has 4 rings (SSSR count). The lowest BCUT2D eigenvalue weighted by atomic mass is 10.1. The van der Waals surface area contributed by atoms with Crippen LogP contribution >= 0.6 is 0 Å². The summed E-state index contributed by atoms with van der Waals surface area (Å²) in [5.74, 6) is 0.727. The maximum atomic E-state index is 13.0. The fourth-order valence-electron chi connectivity index (χ4n) is 3.58. The number of nitrogens with zero attached hydrogens (tertiary/aromatic N) is 4. The van der Waals surface area contributed by atoms with E-state index in [2.05, 4.69) is 10.1 Å². The molecule has 170 valence electrons. The van der Waals surface area contributed by atoms with Crippen LogP contribution in [0.2, 0.25) is 0 Å². The highest BCUT2D eigenvalue weighted by Gasteiger charge is 2.31. The third kappa shape index (κ3) is 4.52. The summed E-state index contributed by atoms with van der Waals surface area (Å²) in [6, 6.07) is 13.9. The van der Waals surface area contributed by atoms with Crippen LogP contribution in [-0.4, -0.2) is 39.7 Å². The van der Waals surface area contributed by atoms with Gasteiger partial charge >= 0.3 is 6.18 Å². The van der Waals surface area contributed by atoms with Gasteiger partial charge in [-0.05, 0) is 53.6 Å². The molecule has 4 aromatic rings. The Morgan fingerprint density at radius 3 is 2.45 bits per heavy atom. The fraction of sp³-hybridized carbons (Fsp3) is 0.208. The molecule has 2 heterocycles. The summed E-state index contributed by atoms with van der Waals surface area (Å²) in [5, 5.41) is 6.23. The number of pyridine rings is 1. The molecule has 6 nitrogen and oxygen atoms in total. The van der Waals surface area contributed by atoms with Crippen molar-refractivity contribution in [2.45, 2.75) is 19.6 Å². The van der Waals surface area contributed by atoms with Gasteiger partial charge < -0.3 is 9.64 Å². The Balaban J connectivity index is 1.52. The van der Waals surface area contributed by atoms with Gasteiger partial charge in [0, 0.05) is 19.8 Å². The van der Waals surface area contributed by atoms with Crippen molar-refractivity contribution < 1.29 is 22.7 Å². The van der Waals surface area contributed by atoms with Crippen molar-refractivity contribution in [3.63, 3.8) is 0 Å². The number of benzene rings is 2. The largest absolute Gasteiger partial charge is 0.497 e. The molecule has 2 aromatic carbocycles. The van der Waals surface area contributed by atoms with E-state index in [0.717, 1.165) is 34.3 Å². The molecule has 0 aliphatic heterocycles. The average molecular weight is 454 g/mol. The zero-order valence-corrected chi connectivity index (χ0v) is 18.2. The second-order valence-electron chi connectivity index (χ2n) is 7.67. The van der Waals surface area contributed by atoms with E-state index in [4.69, 9.17) is 4.74 Å². The number of ether oxygens (including phenoxy) is 1. The monoisotopic (exact) mass is 454 g/mol. The average Bonchev–Trinajstić information content (AvgIpc) is 3.18. The number of methoxy groups -OCH3 is 1. The van der Waals surface area contributed by atoms with E-state index < -0.39 is 11.7 Å². The number of amides is 1. The fourth-order valence-corrected chi connectivity index (χ4v) is 3.58. The topological polar surface area (TPSA) is 60.2 Å². The van der Waals surface area contributed by atoms with Gasteiger partial charge in [-0.1, -0.05) is 18.2 Å². The Labute approximate surface area is 188 Å². The third-order valence-corrected chi connectivity index (χ3v) is 5.41. The van der Waals surface area contributed by atoms with Gasteiger partial charge in [0.15, 0.2) is 5.82 Å².